The number of carbonyl (C=O) groups is 1. The van der Waals surface area contributed by atoms with Crippen LogP contribution in [0.25, 0.3) is 0 Å². The van der Waals surface area contributed by atoms with Gasteiger partial charge in [0.15, 0.2) is 0 Å². The molecule has 8 heteroatoms. The number of hydrogen-bond acceptors (Lipinski definition) is 6. The summed E-state index contributed by atoms with van der Waals surface area (Å²) in [6.45, 7) is 0. The van der Waals surface area contributed by atoms with Gasteiger partial charge in [-0.05, 0) is 30.0 Å². The average molecular weight is 454 g/mol. The number of halogens is 1. The third-order valence-electron chi connectivity index (χ3n) is 2.30. The van der Waals surface area contributed by atoms with E-state index in [9.17, 15) is 4.79 Å². The Morgan fingerprint density at radius 3 is 2.71 bits per heavy atom. The van der Waals surface area contributed by atoms with Crippen molar-refractivity contribution >= 4 is 67.3 Å². The van der Waals surface area contributed by atoms with Crippen molar-refractivity contribution in [2.75, 3.05) is 21.2 Å². The number of carbonyl (C=O) groups excluding carboxylic acids is 1. The number of hydrogen-bond donors (Lipinski definition) is 0. The normalized spacial score (nSPS) is 10.9. The Labute approximate surface area is 152 Å². The van der Waals surface area contributed by atoms with Crippen LogP contribution in [0.4, 0.5) is 10.5 Å². The molecular formula is C13H15IN2O2S3. The Kier molecular flexibility index (Phi) is 7.71. The van der Waals surface area contributed by atoms with E-state index in [1.54, 1.807) is 46.8 Å². The van der Waals surface area contributed by atoms with Crippen LogP contribution in [0.15, 0.2) is 39.5 Å². The van der Waals surface area contributed by atoms with Gasteiger partial charge in [0.1, 0.15) is 10.4 Å². The van der Waals surface area contributed by atoms with E-state index in [1.165, 1.54) is 11.8 Å². The number of thioether (sulfide) groups is 1. The largest absolute Gasteiger partial charge is 0.497 e. The van der Waals surface area contributed by atoms with Gasteiger partial charge in [-0.1, -0.05) is 26.7 Å². The van der Waals surface area contributed by atoms with Crippen LogP contribution in [0.5, 0.6) is 5.75 Å². The summed E-state index contributed by atoms with van der Waals surface area (Å²) in [6.07, 6.45) is 0. The van der Waals surface area contributed by atoms with Crippen LogP contribution in [-0.2, 0) is 0 Å². The second-order valence-electron chi connectivity index (χ2n) is 4.04. The van der Waals surface area contributed by atoms with Gasteiger partial charge in [0.25, 0.3) is 5.24 Å². The summed E-state index contributed by atoms with van der Waals surface area (Å²) in [5.41, 5.74) is 0.842. The molecule has 1 aromatic heterocycles. The van der Waals surface area contributed by atoms with Crippen molar-refractivity contribution in [1.82, 2.24) is 4.90 Å². The molecule has 2 rings (SSSR count). The Morgan fingerprint density at radius 2 is 2.05 bits per heavy atom. The van der Waals surface area contributed by atoms with Crippen molar-refractivity contribution in [3.8, 4) is 5.75 Å². The van der Waals surface area contributed by atoms with Crippen LogP contribution in [0.3, 0.4) is 0 Å². The summed E-state index contributed by atoms with van der Waals surface area (Å²) >= 11 is 1.22. The fourth-order valence-corrected chi connectivity index (χ4v) is 4.49. The Morgan fingerprint density at radius 1 is 1.29 bits per heavy atom. The molecule has 0 unspecified atom stereocenters. The Hall–Kier alpha value is -0.580. The lowest BCUT2D eigenvalue weighted by Gasteiger charge is -2.06. The van der Waals surface area contributed by atoms with E-state index in [4.69, 9.17) is 4.74 Å². The van der Waals surface area contributed by atoms with Crippen molar-refractivity contribution in [2.24, 2.45) is 4.99 Å². The molecule has 0 atom stereocenters. The Bertz CT molecular complexity index is 667. The molecule has 1 heterocycles. The first-order valence-corrected chi connectivity index (χ1v) is 8.73. The third-order valence-corrected chi connectivity index (χ3v) is 6.02. The first-order valence-electron chi connectivity index (χ1n) is 5.76. The molecule has 0 bridgehead atoms. The van der Waals surface area contributed by atoms with Gasteiger partial charge in [-0.15, -0.1) is 24.0 Å². The summed E-state index contributed by atoms with van der Waals surface area (Å²) in [5.74, 6) is 0.781. The number of benzene rings is 1. The fourth-order valence-electron chi connectivity index (χ4n) is 1.31. The van der Waals surface area contributed by atoms with E-state index < -0.39 is 0 Å². The fraction of sp³-hybridized carbons (Fsp3) is 0.231. The molecule has 114 valence electrons. The Balaban J connectivity index is 0.00000220. The summed E-state index contributed by atoms with van der Waals surface area (Å²) in [5, 5.41) is 0.0204. The van der Waals surface area contributed by atoms with Crippen molar-refractivity contribution in [3.05, 3.63) is 35.0 Å². The highest BCUT2D eigenvalue weighted by atomic mass is 127. The molecule has 0 radical (unpaired) electrons. The molecule has 0 saturated heterocycles. The number of methoxy groups -OCH3 is 1. The first-order chi connectivity index (χ1) is 9.58. The van der Waals surface area contributed by atoms with E-state index in [1.807, 2.05) is 30.3 Å². The minimum Gasteiger partial charge on any atom is -0.497 e. The highest BCUT2D eigenvalue weighted by molar-refractivity contribution is 14.0. The van der Waals surface area contributed by atoms with E-state index in [0.717, 1.165) is 20.3 Å². The highest BCUT2D eigenvalue weighted by Gasteiger charge is 2.08. The number of amides is 1. The van der Waals surface area contributed by atoms with Crippen LogP contribution in [0.2, 0.25) is 0 Å². The zero-order chi connectivity index (χ0) is 14.5. The summed E-state index contributed by atoms with van der Waals surface area (Å²) in [6, 6.07) is 9.51. The van der Waals surface area contributed by atoms with Gasteiger partial charge < -0.3 is 9.64 Å². The second-order valence-corrected chi connectivity index (χ2v) is 7.49. The van der Waals surface area contributed by atoms with Crippen molar-refractivity contribution < 1.29 is 9.53 Å². The maximum absolute atomic E-state index is 11.6. The van der Waals surface area contributed by atoms with Gasteiger partial charge in [-0.25, -0.2) is 4.99 Å². The molecule has 4 nitrogen and oxygen atoms in total. The lowest BCUT2D eigenvalue weighted by Crippen LogP contribution is -2.15. The quantitative estimate of drug-likeness (QED) is 0.391. The first kappa shape index (κ1) is 18.5. The van der Waals surface area contributed by atoms with E-state index in [-0.39, 0.29) is 29.2 Å². The number of nitrogens with zero attached hydrogens (tertiary/aromatic N) is 2. The second kappa shape index (κ2) is 8.76. The molecule has 0 aliphatic rings. The minimum atomic E-state index is 0. The van der Waals surface area contributed by atoms with Crippen LogP contribution < -0.4 is 9.41 Å². The lowest BCUT2D eigenvalue weighted by molar-refractivity contribution is 0.241. The monoisotopic (exact) mass is 454 g/mol. The van der Waals surface area contributed by atoms with E-state index >= 15 is 0 Å². The third kappa shape index (κ3) is 5.61. The molecule has 0 aliphatic carbocycles. The maximum atomic E-state index is 11.6. The molecule has 0 saturated carbocycles. The molecule has 0 aliphatic heterocycles. The van der Waals surface area contributed by atoms with Gasteiger partial charge in [-0.3, -0.25) is 4.79 Å². The molecule has 1 amide bonds. The molecule has 2 aromatic rings. The van der Waals surface area contributed by atoms with Crippen LogP contribution in [0, 0.1) is 0 Å². The maximum Gasteiger partial charge on any atom is 0.286 e. The summed E-state index contributed by atoms with van der Waals surface area (Å²) < 4.78 is 7.01. The minimum absolute atomic E-state index is 0. The van der Waals surface area contributed by atoms with Crippen LogP contribution in [-0.4, -0.2) is 31.3 Å². The average Bonchev–Trinajstić information content (AvgIpc) is 2.86. The van der Waals surface area contributed by atoms with Crippen molar-refractivity contribution in [2.45, 2.75) is 4.21 Å². The van der Waals surface area contributed by atoms with Gasteiger partial charge in [0, 0.05) is 20.2 Å². The SMILES string of the molecule is COc1cccc(N=c2cc(SC(=O)N(C)C)ss2)c1.I. The van der Waals surface area contributed by atoms with Crippen molar-refractivity contribution in [3.63, 3.8) is 0 Å². The highest BCUT2D eigenvalue weighted by Crippen LogP contribution is 2.27. The topological polar surface area (TPSA) is 41.9 Å². The van der Waals surface area contributed by atoms with E-state index in [2.05, 4.69) is 4.99 Å². The van der Waals surface area contributed by atoms with Crippen LogP contribution in [0.1, 0.15) is 0 Å². The summed E-state index contributed by atoms with van der Waals surface area (Å²) in [7, 11) is 8.23. The number of ether oxygens (including phenoxy) is 1. The number of rotatable bonds is 3. The van der Waals surface area contributed by atoms with Gasteiger partial charge in [0.05, 0.1) is 17.0 Å². The molecule has 0 fully saturated rings. The lowest BCUT2D eigenvalue weighted by atomic mass is 10.3. The van der Waals surface area contributed by atoms with Gasteiger partial charge in [0.2, 0.25) is 0 Å². The summed E-state index contributed by atoms with van der Waals surface area (Å²) in [4.78, 5) is 17.7. The molecule has 21 heavy (non-hydrogen) atoms. The zero-order valence-corrected chi connectivity index (χ0v) is 16.5. The smallest absolute Gasteiger partial charge is 0.286 e. The molecule has 0 N–H and O–H groups in total. The standard InChI is InChI=1S/C13H14N2O2S3.HI/c1-15(2)13(16)18-12-8-11(19-20-12)14-9-5-4-6-10(7-9)17-3;/h4-8H,1-3H3;1H. The van der Waals surface area contributed by atoms with Gasteiger partial charge in [-0.2, -0.15) is 0 Å². The molecular weight excluding hydrogens is 439 g/mol. The zero-order valence-electron chi connectivity index (χ0n) is 11.7. The molecule has 0 spiro atoms. The predicted molar refractivity (Wildman–Crippen MR) is 101 cm³/mol. The van der Waals surface area contributed by atoms with Gasteiger partial charge >= 0.3 is 0 Å². The predicted octanol–water partition coefficient (Wildman–Crippen LogP) is 4.44. The van der Waals surface area contributed by atoms with E-state index in [0.29, 0.717) is 0 Å². The molecule has 1 aromatic carbocycles. The van der Waals surface area contributed by atoms with Crippen molar-refractivity contribution in [1.29, 1.82) is 0 Å². The van der Waals surface area contributed by atoms with Crippen LogP contribution >= 0.6 is 56.4 Å².